The van der Waals surface area contributed by atoms with E-state index in [1.165, 1.54) is 0 Å². The average molecular weight is 395 g/mol. The van der Waals surface area contributed by atoms with Crippen molar-refractivity contribution >= 4 is 30.3 Å². The van der Waals surface area contributed by atoms with Crippen molar-refractivity contribution in [2.45, 2.75) is 65.2 Å². The van der Waals surface area contributed by atoms with Crippen LogP contribution in [0.2, 0.25) is 0 Å². The summed E-state index contributed by atoms with van der Waals surface area (Å²) in [5.41, 5.74) is 2.70. The minimum Gasteiger partial charge on any atom is -0.481 e. The second-order valence-corrected chi connectivity index (χ2v) is 9.05. The molecule has 1 aromatic carbocycles. The lowest BCUT2D eigenvalue weighted by Gasteiger charge is -2.27. The van der Waals surface area contributed by atoms with Crippen molar-refractivity contribution in [1.82, 2.24) is 0 Å². The molecule has 0 aromatic heterocycles. The molecular weight excluding hydrogens is 365 g/mol. The van der Waals surface area contributed by atoms with Gasteiger partial charge in [0.25, 0.3) is 0 Å². The predicted molar refractivity (Wildman–Crippen MR) is 108 cm³/mol. The molecule has 0 saturated heterocycles. The number of rotatable bonds is 11. The van der Waals surface area contributed by atoms with Gasteiger partial charge in [-0.2, -0.15) is 0 Å². The summed E-state index contributed by atoms with van der Waals surface area (Å²) in [5.74, 6) is -0.752. The normalized spacial score (nSPS) is 19.0. The second-order valence-electron chi connectivity index (χ2n) is 7.02. The van der Waals surface area contributed by atoms with Crippen molar-refractivity contribution in [3.63, 3.8) is 0 Å². The van der Waals surface area contributed by atoms with Crippen LogP contribution in [-0.4, -0.2) is 30.0 Å². The number of carboxylic acid groups (broad SMARTS) is 1. The van der Waals surface area contributed by atoms with Gasteiger partial charge in [-0.3, -0.25) is 14.4 Å². The minimum absolute atomic E-state index is 0.205. The van der Waals surface area contributed by atoms with E-state index < -0.39 is 13.6 Å². The zero-order valence-corrected chi connectivity index (χ0v) is 17.6. The summed E-state index contributed by atoms with van der Waals surface area (Å²) in [7, 11) is -3.34. The Hall–Kier alpha value is -1.49. The molecule has 0 bridgehead atoms. The fourth-order valence-corrected chi connectivity index (χ4v) is 5.10. The Labute approximate surface area is 161 Å². The molecule has 0 saturated carbocycles. The zero-order valence-electron chi connectivity index (χ0n) is 16.7. The van der Waals surface area contributed by atoms with E-state index in [4.69, 9.17) is 19.1 Å². The van der Waals surface area contributed by atoms with E-state index in [0.29, 0.717) is 24.9 Å². The van der Waals surface area contributed by atoms with Crippen molar-refractivity contribution in [1.29, 1.82) is 0 Å². The van der Waals surface area contributed by atoms with Crippen molar-refractivity contribution in [2.75, 3.05) is 13.2 Å². The zero-order chi connectivity index (χ0) is 20.1. The van der Waals surface area contributed by atoms with Gasteiger partial charge >= 0.3 is 13.6 Å². The number of benzene rings is 1. The van der Waals surface area contributed by atoms with Crippen LogP contribution < -0.4 is 5.30 Å². The standard InChI is InChI=1S/C20H30NO5P/c1-5-25-27(24,26-6-2)16-11-12-18-17(14-16)20(4,15(3)21-18)13-9-7-8-10-19(22)23/h11-12,14H,5-10,13H2,1-4H3,(H,22,23). The van der Waals surface area contributed by atoms with Crippen molar-refractivity contribution in [3.05, 3.63) is 23.8 Å². The number of fused-ring (bicyclic) bond motifs is 1. The highest BCUT2D eigenvalue weighted by Gasteiger charge is 2.38. The lowest BCUT2D eigenvalue weighted by molar-refractivity contribution is -0.137. The van der Waals surface area contributed by atoms with Gasteiger partial charge in [-0.1, -0.05) is 19.8 Å². The summed E-state index contributed by atoms with van der Waals surface area (Å²) < 4.78 is 24.1. The quantitative estimate of drug-likeness (QED) is 0.422. The molecule has 2 rings (SSSR count). The maximum Gasteiger partial charge on any atom is 0.361 e. The summed E-state index contributed by atoms with van der Waals surface area (Å²) in [6.07, 6.45) is 3.52. The van der Waals surface area contributed by atoms with E-state index in [9.17, 15) is 9.36 Å². The maximum absolute atomic E-state index is 13.1. The van der Waals surface area contributed by atoms with Crippen LogP contribution in [0.5, 0.6) is 0 Å². The molecule has 0 radical (unpaired) electrons. The molecule has 1 heterocycles. The molecule has 27 heavy (non-hydrogen) atoms. The topological polar surface area (TPSA) is 85.2 Å². The Morgan fingerprint density at radius 2 is 1.85 bits per heavy atom. The van der Waals surface area contributed by atoms with Crippen LogP contribution in [0.25, 0.3) is 0 Å². The van der Waals surface area contributed by atoms with Crippen molar-refractivity contribution in [3.8, 4) is 0 Å². The molecular formula is C20H30NO5P. The monoisotopic (exact) mass is 395 g/mol. The number of aliphatic carboxylic acids is 1. The van der Waals surface area contributed by atoms with Gasteiger partial charge in [-0.05, 0) is 57.4 Å². The van der Waals surface area contributed by atoms with E-state index >= 15 is 0 Å². The first kappa shape index (κ1) is 21.8. The molecule has 1 atom stereocenters. The SMILES string of the molecule is CCOP(=O)(OCC)c1ccc2c(c1)C(C)(CCCCCC(=O)O)C(C)=N2. The molecule has 1 unspecified atom stereocenters. The molecule has 0 fully saturated rings. The van der Waals surface area contributed by atoms with Gasteiger partial charge in [0.15, 0.2) is 0 Å². The van der Waals surface area contributed by atoms with Gasteiger partial charge < -0.3 is 14.2 Å². The van der Waals surface area contributed by atoms with Gasteiger partial charge in [0.1, 0.15) is 0 Å². The Morgan fingerprint density at radius 3 is 2.44 bits per heavy atom. The molecule has 150 valence electrons. The van der Waals surface area contributed by atoms with E-state index in [1.807, 2.05) is 19.1 Å². The van der Waals surface area contributed by atoms with Gasteiger partial charge in [0.2, 0.25) is 0 Å². The van der Waals surface area contributed by atoms with Crippen LogP contribution in [0.15, 0.2) is 23.2 Å². The highest BCUT2D eigenvalue weighted by atomic mass is 31.2. The minimum atomic E-state index is -3.34. The molecule has 1 N–H and O–H groups in total. The van der Waals surface area contributed by atoms with E-state index in [0.717, 1.165) is 36.2 Å². The Bertz CT molecular complexity index is 751. The van der Waals surface area contributed by atoms with Crippen LogP contribution >= 0.6 is 7.60 Å². The molecule has 0 spiro atoms. The van der Waals surface area contributed by atoms with Crippen LogP contribution in [0.4, 0.5) is 5.69 Å². The number of hydrogen-bond donors (Lipinski definition) is 1. The predicted octanol–water partition coefficient (Wildman–Crippen LogP) is 4.98. The van der Waals surface area contributed by atoms with Crippen LogP contribution in [-0.2, 0) is 23.8 Å². The van der Waals surface area contributed by atoms with E-state index in [1.54, 1.807) is 19.9 Å². The first-order chi connectivity index (χ1) is 12.8. The van der Waals surface area contributed by atoms with Crippen LogP contribution in [0.1, 0.15) is 65.4 Å². The smallest absolute Gasteiger partial charge is 0.361 e. The van der Waals surface area contributed by atoms with Gasteiger partial charge in [-0.15, -0.1) is 0 Å². The number of hydrogen-bond acceptors (Lipinski definition) is 5. The lowest BCUT2D eigenvalue weighted by atomic mass is 9.76. The maximum atomic E-state index is 13.1. The second kappa shape index (κ2) is 9.13. The van der Waals surface area contributed by atoms with Crippen molar-refractivity contribution in [2.24, 2.45) is 4.99 Å². The molecule has 0 aliphatic carbocycles. The summed E-state index contributed by atoms with van der Waals surface area (Å²) in [6.45, 7) is 8.38. The van der Waals surface area contributed by atoms with Crippen LogP contribution in [0, 0.1) is 0 Å². The third-order valence-corrected chi connectivity index (χ3v) is 7.25. The van der Waals surface area contributed by atoms with E-state index in [2.05, 4.69) is 6.92 Å². The largest absolute Gasteiger partial charge is 0.481 e. The molecule has 6 nitrogen and oxygen atoms in total. The molecule has 1 aliphatic rings. The van der Waals surface area contributed by atoms with Gasteiger partial charge in [0.05, 0.1) is 24.2 Å². The van der Waals surface area contributed by atoms with Crippen LogP contribution in [0.3, 0.4) is 0 Å². The average Bonchev–Trinajstić information content (AvgIpc) is 2.85. The lowest BCUT2D eigenvalue weighted by Crippen LogP contribution is -2.28. The number of nitrogens with zero attached hydrogens (tertiary/aromatic N) is 1. The molecule has 1 aromatic rings. The Kier molecular flexibility index (Phi) is 7.38. The fourth-order valence-electron chi connectivity index (χ4n) is 3.51. The van der Waals surface area contributed by atoms with Gasteiger partial charge in [-0.25, -0.2) is 0 Å². The van der Waals surface area contributed by atoms with Gasteiger partial charge in [0, 0.05) is 17.5 Å². The number of carbonyl (C=O) groups is 1. The van der Waals surface area contributed by atoms with Crippen molar-refractivity contribution < 1.29 is 23.5 Å². The highest BCUT2D eigenvalue weighted by Crippen LogP contribution is 2.50. The van der Waals surface area contributed by atoms with E-state index in [-0.39, 0.29) is 11.8 Å². The highest BCUT2D eigenvalue weighted by molar-refractivity contribution is 7.62. The third kappa shape index (κ3) is 4.87. The summed E-state index contributed by atoms with van der Waals surface area (Å²) in [5, 5.41) is 9.33. The number of unbranched alkanes of at least 4 members (excludes halogenated alkanes) is 2. The summed E-state index contributed by atoms with van der Waals surface area (Å²) >= 11 is 0. The number of carboxylic acids is 1. The number of aliphatic imine (C=N–C) groups is 1. The first-order valence-electron chi connectivity index (χ1n) is 9.58. The summed E-state index contributed by atoms with van der Waals surface area (Å²) in [4.78, 5) is 15.4. The molecule has 7 heteroatoms. The fraction of sp³-hybridized carbons (Fsp3) is 0.600. The Morgan fingerprint density at radius 1 is 1.19 bits per heavy atom. The Balaban J connectivity index is 2.23. The molecule has 0 amide bonds. The molecule has 1 aliphatic heterocycles. The third-order valence-electron chi connectivity index (χ3n) is 5.14. The first-order valence-corrected chi connectivity index (χ1v) is 11.1. The summed E-state index contributed by atoms with van der Waals surface area (Å²) in [6, 6.07) is 5.58.